The summed E-state index contributed by atoms with van der Waals surface area (Å²) in [6.07, 6.45) is -6.26. The molecule has 2 N–H and O–H groups in total. The first-order chi connectivity index (χ1) is 14.8. The van der Waals surface area contributed by atoms with Gasteiger partial charge in [0, 0.05) is 11.1 Å². The van der Waals surface area contributed by atoms with E-state index in [2.05, 4.69) is 20.8 Å². The average Bonchev–Trinajstić information content (AvgIpc) is 2.62. The number of carboxylic acid groups (broad SMARTS) is 1. The van der Waals surface area contributed by atoms with Gasteiger partial charge in [-0.05, 0) is 39.0 Å². The summed E-state index contributed by atoms with van der Waals surface area (Å²) >= 11 is 0. The summed E-state index contributed by atoms with van der Waals surface area (Å²) in [6.45, 7) is 8.39. The van der Waals surface area contributed by atoms with E-state index in [0.717, 1.165) is 6.07 Å². The van der Waals surface area contributed by atoms with Crippen LogP contribution in [-0.2, 0) is 15.3 Å². The van der Waals surface area contributed by atoms with E-state index in [1.54, 1.807) is 0 Å². The van der Waals surface area contributed by atoms with Crippen molar-refractivity contribution in [2.75, 3.05) is 12.3 Å². The van der Waals surface area contributed by atoms with Crippen LogP contribution in [0.25, 0.3) is 0 Å². The molecule has 1 unspecified atom stereocenters. The van der Waals surface area contributed by atoms with Gasteiger partial charge in [0.25, 0.3) is 0 Å². The molecule has 0 aromatic heterocycles. The predicted molar refractivity (Wildman–Crippen MR) is 123 cm³/mol. The van der Waals surface area contributed by atoms with Crippen molar-refractivity contribution in [1.29, 1.82) is 0 Å². The number of alkyl halides is 3. The van der Waals surface area contributed by atoms with Gasteiger partial charge in [0.05, 0.1) is 15.5 Å². The molecule has 2 atom stereocenters. The second-order valence-electron chi connectivity index (χ2n) is 9.56. The molecule has 12 heteroatoms. The van der Waals surface area contributed by atoms with Crippen molar-refractivity contribution in [2.24, 2.45) is 9.36 Å². The molecule has 182 valence electrons. The molecule has 0 spiro atoms. The van der Waals surface area contributed by atoms with Crippen molar-refractivity contribution in [3.05, 3.63) is 35.1 Å². The number of amidine groups is 1. The lowest BCUT2D eigenvalue weighted by Gasteiger charge is -2.41. The molecule has 33 heavy (non-hydrogen) atoms. The summed E-state index contributed by atoms with van der Waals surface area (Å²) < 4.78 is 69.3. The van der Waals surface area contributed by atoms with Crippen molar-refractivity contribution < 1.29 is 31.7 Å². The van der Waals surface area contributed by atoms with Gasteiger partial charge in [-0.3, -0.25) is 10.3 Å². The van der Waals surface area contributed by atoms with E-state index >= 15 is 0 Å². The Bertz CT molecular complexity index is 1170. The van der Waals surface area contributed by atoms with Crippen molar-refractivity contribution in [1.82, 2.24) is 5.32 Å². The van der Waals surface area contributed by atoms with Gasteiger partial charge >= 0.3 is 12.3 Å². The molecule has 2 rings (SSSR count). The summed E-state index contributed by atoms with van der Waals surface area (Å²) in [5.74, 6) is 1.37. The Morgan fingerprint density at radius 2 is 1.91 bits per heavy atom. The minimum atomic E-state index is -4.72. The molecule has 0 radical (unpaired) electrons. The highest BCUT2D eigenvalue weighted by Gasteiger charge is 2.50. The van der Waals surface area contributed by atoms with Crippen molar-refractivity contribution in [3.8, 4) is 11.5 Å². The lowest BCUT2D eigenvalue weighted by Crippen LogP contribution is -2.57. The largest absolute Gasteiger partial charge is 0.465 e. The van der Waals surface area contributed by atoms with Gasteiger partial charge in [-0.1, -0.05) is 25.6 Å². The Hall–Kier alpha value is -2.39. The van der Waals surface area contributed by atoms with Gasteiger partial charge in [0.1, 0.15) is 36.6 Å². The maximum Gasteiger partial charge on any atom is 0.410 e. The molecule has 1 aliphatic heterocycles. The molecular formula is C21H27F4N3O3SSi. The van der Waals surface area contributed by atoms with Crippen LogP contribution >= 0.6 is 0 Å². The van der Waals surface area contributed by atoms with E-state index in [1.165, 1.54) is 32.9 Å². The fourth-order valence-corrected chi connectivity index (χ4v) is 6.23. The standard InChI is InChI=1S/C21H27F4N3O3SSi/c1-19(2)17(27-18(29)30)28-20(3,13-32(19,31)26-12-21(23,24)25)15-11-14(7-8-16(15)22)9-10-33(4,5)6/h7-8,11H,12-13H2,1-6H3,(H,27,28)(H,29,30)/t20-,32?/m0/s1. The molecule has 1 heterocycles. The number of aliphatic imine (C=N–C) groups is 1. The number of benzene rings is 1. The Morgan fingerprint density at radius 1 is 1.30 bits per heavy atom. The van der Waals surface area contributed by atoms with E-state index in [1.807, 2.05) is 25.0 Å². The summed E-state index contributed by atoms with van der Waals surface area (Å²) in [5.41, 5.74) is 1.89. The number of amides is 1. The first-order valence-electron chi connectivity index (χ1n) is 9.98. The SMILES string of the molecule is CC1(C)C(NC(=O)O)=N[C@](C)(c2cc(C#C[Si](C)(C)C)ccc2F)CS1(=O)=NCC(F)(F)F. The molecule has 1 aromatic carbocycles. The van der Waals surface area contributed by atoms with Gasteiger partial charge in [-0.2, -0.15) is 13.2 Å². The smallest absolute Gasteiger partial charge is 0.410 e. The van der Waals surface area contributed by atoms with Crippen LogP contribution in [0.1, 0.15) is 31.9 Å². The molecule has 0 bridgehead atoms. The maximum atomic E-state index is 14.9. The fraction of sp³-hybridized carbons (Fsp3) is 0.524. The first-order valence-corrected chi connectivity index (χ1v) is 15.2. The van der Waals surface area contributed by atoms with E-state index < -0.39 is 58.5 Å². The second-order valence-corrected chi connectivity index (χ2v) is 17.2. The molecule has 6 nitrogen and oxygen atoms in total. The number of nitrogens with one attached hydrogen (secondary N) is 1. The van der Waals surface area contributed by atoms with Crippen LogP contribution in [0.4, 0.5) is 22.4 Å². The average molecular weight is 506 g/mol. The molecule has 1 aromatic rings. The van der Waals surface area contributed by atoms with E-state index in [4.69, 9.17) is 0 Å². The molecular weight excluding hydrogens is 478 g/mol. The first kappa shape index (κ1) is 26.9. The van der Waals surface area contributed by atoms with Crippen LogP contribution in [0.15, 0.2) is 27.6 Å². The number of rotatable bonds is 2. The van der Waals surface area contributed by atoms with E-state index in [9.17, 15) is 31.7 Å². The molecule has 0 saturated heterocycles. The van der Waals surface area contributed by atoms with Gasteiger partial charge in [0.15, 0.2) is 0 Å². The molecule has 0 saturated carbocycles. The van der Waals surface area contributed by atoms with Crippen LogP contribution < -0.4 is 5.32 Å². The third-order valence-electron chi connectivity index (χ3n) is 5.01. The predicted octanol–water partition coefficient (Wildman–Crippen LogP) is 4.76. The van der Waals surface area contributed by atoms with Crippen LogP contribution in [-0.4, -0.2) is 52.5 Å². The maximum absolute atomic E-state index is 14.9. The van der Waals surface area contributed by atoms with Gasteiger partial charge in [-0.15, -0.1) is 5.54 Å². The zero-order chi connectivity index (χ0) is 25.5. The molecule has 1 amide bonds. The quantitative estimate of drug-likeness (QED) is 0.345. The number of nitrogens with zero attached hydrogens (tertiary/aromatic N) is 2. The lowest BCUT2D eigenvalue weighted by molar-refractivity contribution is -0.117. The number of halogens is 4. The normalized spacial score (nSPS) is 24.8. The summed E-state index contributed by atoms with van der Waals surface area (Å²) in [4.78, 5) is 15.7. The zero-order valence-corrected chi connectivity index (χ0v) is 21.0. The van der Waals surface area contributed by atoms with E-state index in [-0.39, 0.29) is 11.4 Å². The van der Waals surface area contributed by atoms with Crippen LogP contribution in [0.2, 0.25) is 19.6 Å². The van der Waals surface area contributed by atoms with E-state index in [0.29, 0.717) is 5.56 Å². The molecule has 0 aliphatic carbocycles. The van der Waals surface area contributed by atoms with Gasteiger partial charge < -0.3 is 5.11 Å². The van der Waals surface area contributed by atoms with Crippen molar-refractivity contribution in [3.63, 3.8) is 0 Å². The van der Waals surface area contributed by atoms with Gasteiger partial charge in [-0.25, -0.2) is 17.8 Å². The topological polar surface area (TPSA) is 91.1 Å². The third kappa shape index (κ3) is 6.35. The summed E-state index contributed by atoms with van der Waals surface area (Å²) in [7, 11) is -5.52. The van der Waals surface area contributed by atoms with Crippen LogP contribution in [0, 0.1) is 17.3 Å². The van der Waals surface area contributed by atoms with Crippen LogP contribution in [0.3, 0.4) is 0 Å². The Kier molecular flexibility index (Phi) is 7.12. The fourth-order valence-electron chi connectivity index (χ4n) is 3.20. The molecule has 0 fully saturated rings. The highest BCUT2D eigenvalue weighted by Crippen LogP contribution is 2.40. The Labute approximate surface area is 192 Å². The van der Waals surface area contributed by atoms with Crippen LogP contribution in [0.5, 0.6) is 0 Å². The number of hydrogen-bond donors (Lipinski definition) is 2. The summed E-state index contributed by atoms with van der Waals surface area (Å²) in [6, 6.07) is 4.03. The Balaban J connectivity index is 2.77. The van der Waals surface area contributed by atoms with Gasteiger partial charge in [0.2, 0.25) is 0 Å². The highest BCUT2D eigenvalue weighted by molar-refractivity contribution is 7.95. The monoisotopic (exact) mass is 505 g/mol. The zero-order valence-electron chi connectivity index (χ0n) is 19.2. The Morgan fingerprint density at radius 3 is 2.42 bits per heavy atom. The minimum absolute atomic E-state index is 0.0556. The number of carbonyl (C=O) groups is 1. The molecule has 1 aliphatic rings. The second kappa shape index (κ2) is 8.75. The summed E-state index contributed by atoms with van der Waals surface area (Å²) in [5, 5.41) is 11.3. The highest BCUT2D eigenvalue weighted by atomic mass is 32.2. The third-order valence-corrected chi connectivity index (χ3v) is 9.17. The lowest BCUT2D eigenvalue weighted by atomic mass is 9.92. The van der Waals surface area contributed by atoms with Crippen molar-refractivity contribution in [2.45, 2.75) is 56.9 Å². The number of hydrogen-bond acceptors (Lipinski definition) is 4. The minimum Gasteiger partial charge on any atom is -0.465 e. The van der Waals surface area contributed by atoms with Crippen molar-refractivity contribution >= 4 is 29.7 Å².